The predicted molar refractivity (Wildman–Crippen MR) is 68.7 cm³/mol. The zero-order chi connectivity index (χ0) is 12.0. The summed E-state index contributed by atoms with van der Waals surface area (Å²) in [6, 6.07) is 0.475. The lowest BCUT2D eigenvalue weighted by atomic mass is 10.1. The number of unbranched alkanes of at least 4 members (excludes halogenated alkanes) is 2. The molecule has 3 heteroatoms. The highest BCUT2D eigenvalue weighted by atomic mass is 15.0. The SMILES string of the molecule is CCCCCC(C)Nc1cnc(C)c(C)n1. The smallest absolute Gasteiger partial charge is 0.145 e. The van der Waals surface area contributed by atoms with E-state index >= 15 is 0 Å². The molecule has 0 saturated carbocycles. The molecule has 1 atom stereocenters. The Kier molecular flexibility index (Phi) is 5.23. The van der Waals surface area contributed by atoms with Crippen LogP contribution in [0.3, 0.4) is 0 Å². The van der Waals surface area contributed by atoms with E-state index in [4.69, 9.17) is 0 Å². The fourth-order valence-electron chi connectivity index (χ4n) is 1.64. The van der Waals surface area contributed by atoms with Gasteiger partial charge in [-0.3, -0.25) is 4.98 Å². The Balaban J connectivity index is 2.43. The standard InChI is InChI=1S/C13H23N3/c1-5-6-7-8-10(2)15-13-9-14-11(3)12(4)16-13/h9-10H,5-8H2,1-4H3,(H,15,16). The van der Waals surface area contributed by atoms with Crippen LogP contribution in [0, 0.1) is 13.8 Å². The van der Waals surface area contributed by atoms with Crippen molar-refractivity contribution in [3.8, 4) is 0 Å². The molecule has 16 heavy (non-hydrogen) atoms. The number of aromatic nitrogens is 2. The van der Waals surface area contributed by atoms with E-state index < -0.39 is 0 Å². The molecule has 0 spiro atoms. The molecule has 0 bridgehead atoms. The summed E-state index contributed by atoms with van der Waals surface area (Å²) >= 11 is 0. The Morgan fingerprint density at radius 3 is 2.62 bits per heavy atom. The van der Waals surface area contributed by atoms with Crippen molar-refractivity contribution in [2.24, 2.45) is 0 Å². The lowest BCUT2D eigenvalue weighted by molar-refractivity contribution is 0.613. The minimum absolute atomic E-state index is 0.475. The Hall–Kier alpha value is -1.12. The molecule has 0 amide bonds. The van der Waals surface area contributed by atoms with Crippen molar-refractivity contribution in [2.45, 2.75) is 59.4 Å². The molecule has 0 saturated heterocycles. The zero-order valence-corrected chi connectivity index (χ0v) is 10.9. The minimum atomic E-state index is 0.475. The first kappa shape index (κ1) is 12.9. The van der Waals surface area contributed by atoms with E-state index in [9.17, 15) is 0 Å². The summed E-state index contributed by atoms with van der Waals surface area (Å²) in [6.45, 7) is 8.41. The van der Waals surface area contributed by atoms with Crippen LogP contribution < -0.4 is 5.32 Å². The molecule has 1 unspecified atom stereocenters. The van der Waals surface area contributed by atoms with Crippen molar-refractivity contribution in [1.82, 2.24) is 9.97 Å². The van der Waals surface area contributed by atoms with Gasteiger partial charge in [0.25, 0.3) is 0 Å². The monoisotopic (exact) mass is 221 g/mol. The van der Waals surface area contributed by atoms with Crippen LogP contribution in [0.25, 0.3) is 0 Å². The van der Waals surface area contributed by atoms with E-state index in [1.54, 1.807) is 0 Å². The van der Waals surface area contributed by atoms with Gasteiger partial charge in [0.1, 0.15) is 5.82 Å². The van der Waals surface area contributed by atoms with Crippen molar-refractivity contribution in [2.75, 3.05) is 5.32 Å². The van der Waals surface area contributed by atoms with Crippen molar-refractivity contribution in [3.63, 3.8) is 0 Å². The van der Waals surface area contributed by atoms with Gasteiger partial charge >= 0.3 is 0 Å². The van der Waals surface area contributed by atoms with Crippen molar-refractivity contribution in [1.29, 1.82) is 0 Å². The fourth-order valence-corrected chi connectivity index (χ4v) is 1.64. The first-order valence-corrected chi connectivity index (χ1v) is 6.20. The largest absolute Gasteiger partial charge is 0.366 e. The van der Waals surface area contributed by atoms with Gasteiger partial charge in [0.2, 0.25) is 0 Å². The van der Waals surface area contributed by atoms with Crippen LogP contribution in [0.2, 0.25) is 0 Å². The maximum Gasteiger partial charge on any atom is 0.145 e. The maximum absolute atomic E-state index is 4.47. The molecule has 0 aliphatic rings. The topological polar surface area (TPSA) is 37.8 Å². The summed E-state index contributed by atoms with van der Waals surface area (Å²) in [5.74, 6) is 0.895. The molecule has 3 nitrogen and oxygen atoms in total. The van der Waals surface area contributed by atoms with E-state index in [0.29, 0.717) is 6.04 Å². The van der Waals surface area contributed by atoms with Crippen molar-refractivity contribution >= 4 is 5.82 Å². The molecule has 0 radical (unpaired) electrons. The molecule has 0 aromatic carbocycles. The number of hydrogen-bond acceptors (Lipinski definition) is 3. The van der Waals surface area contributed by atoms with Crippen LogP contribution >= 0.6 is 0 Å². The van der Waals surface area contributed by atoms with Gasteiger partial charge in [0, 0.05) is 6.04 Å². The average Bonchev–Trinajstić information content (AvgIpc) is 2.24. The predicted octanol–water partition coefficient (Wildman–Crippen LogP) is 3.47. The molecular weight excluding hydrogens is 198 g/mol. The van der Waals surface area contributed by atoms with Crippen LogP contribution in [0.15, 0.2) is 6.20 Å². The molecule has 1 rings (SSSR count). The zero-order valence-electron chi connectivity index (χ0n) is 10.9. The van der Waals surface area contributed by atoms with Gasteiger partial charge in [-0.25, -0.2) is 4.98 Å². The molecule has 1 heterocycles. The van der Waals surface area contributed by atoms with E-state index in [1.807, 2.05) is 20.0 Å². The molecule has 1 aromatic rings. The second kappa shape index (κ2) is 6.46. The Bertz CT molecular complexity index is 323. The maximum atomic E-state index is 4.47. The fraction of sp³-hybridized carbons (Fsp3) is 0.692. The van der Waals surface area contributed by atoms with E-state index in [0.717, 1.165) is 17.2 Å². The van der Waals surface area contributed by atoms with Gasteiger partial charge in [-0.2, -0.15) is 0 Å². The third-order valence-electron chi connectivity index (χ3n) is 2.83. The number of nitrogens with one attached hydrogen (secondary N) is 1. The quantitative estimate of drug-likeness (QED) is 0.747. The Morgan fingerprint density at radius 2 is 2.00 bits per heavy atom. The van der Waals surface area contributed by atoms with Crippen LogP contribution in [-0.2, 0) is 0 Å². The summed E-state index contributed by atoms with van der Waals surface area (Å²) in [5, 5.41) is 3.40. The third-order valence-corrected chi connectivity index (χ3v) is 2.83. The highest BCUT2D eigenvalue weighted by molar-refractivity contribution is 5.34. The van der Waals surface area contributed by atoms with Gasteiger partial charge < -0.3 is 5.32 Å². The average molecular weight is 221 g/mol. The van der Waals surface area contributed by atoms with Gasteiger partial charge in [-0.1, -0.05) is 26.2 Å². The van der Waals surface area contributed by atoms with Crippen LogP contribution in [0.5, 0.6) is 0 Å². The minimum Gasteiger partial charge on any atom is -0.366 e. The van der Waals surface area contributed by atoms with Gasteiger partial charge in [-0.05, 0) is 27.2 Å². The van der Waals surface area contributed by atoms with Crippen LogP contribution in [-0.4, -0.2) is 16.0 Å². The number of hydrogen-bond donors (Lipinski definition) is 1. The van der Waals surface area contributed by atoms with Gasteiger partial charge in [0.15, 0.2) is 0 Å². The number of nitrogens with zero attached hydrogens (tertiary/aromatic N) is 2. The van der Waals surface area contributed by atoms with Crippen molar-refractivity contribution in [3.05, 3.63) is 17.6 Å². The molecule has 0 fully saturated rings. The second-order valence-electron chi connectivity index (χ2n) is 4.47. The first-order valence-electron chi connectivity index (χ1n) is 6.20. The van der Waals surface area contributed by atoms with Gasteiger partial charge in [0.05, 0.1) is 17.6 Å². The van der Waals surface area contributed by atoms with Crippen molar-refractivity contribution < 1.29 is 0 Å². The third kappa shape index (κ3) is 4.17. The van der Waals surface area contributed by atoms with E-state index in [1.165, 1.54) is 25.7 Å². The molecule has 0 aliphatic heterocycles. The molecule has 0 aliphatic carbocycles. The normalized spacial score (nSPS) is 12.5. The molecule has 1 N–H and O–H groups in total. The summed E-state index contributed by atoms with van der Waals surface area (Å²) in [5.41, 5.74) is 2.01. The summed E-state index contributed by atoms with van der Waals surface area (Å²) in [7, 11) is 0. The Labute approximate surface area is 98.7 Å². The lowest BCUT2D eigenvalue weighted by Crippen LogP contribution is -2.16. The summed E-state index contributed by atoms with van der Waals surface area (Å²) in [6.07, 6.45) is 6.88. The second-order valence-corrected chi connectivity index (χ2v) is 4.47. The number of aryl methyl sites for hydroxylation is 2. The lowest BCUT2D eigenvalue weighted by Gasteiger charge is -2.14. The van der Waals surface area contributed by atoms with Gasteiger partial charge in [-0.15, -0.1) is 0 Å². The number of rotatable bonds is 6. The van der Waals surface area contributed by atoms with Crippen LogP contribution in [0.1, 0.15) is 50.9 Å². The molecule has 90 valence electrons. The van der Waals surface area contributed by atoms with E-state index in [2.05, 4.69) is 29.1 Å². The van der Waals surface area contributed by atoms with E-state index in [-0.39, 0.29) is 0 Å². The highest BCUT2D eigenvalue weighted by Crippen LogP contribution is 2.10. The first-order chi connectivity index (χ1) is 7.63. The summed E-state index contributed by atoms with van der Waals surface area (Å²) in [4.78, 5) is 8.77. The molecule has 1 aromatic heterocycles. The van der Waals surface area contributed by atoms with Crippen LogP contribution in [0.4, 0.5) is 5.82 Å². The Morgan fingerprint density at radius 1 is 1.25 bits per heavy atom. The number of anilines is 1. The molecular formula is C13H23N3. The highest BCUT2D eigenvalue weighted by Gasteiger charge is 2.04. The summed E-state index contributed by atoms with van der Waals surface area (Å²) < 4.78 is 0.